The van der Waals surface area contributed by atoms with Gasteiger partial charge < -0.3 is 4.74 Å². The van der Waals surface area contributed by atoms with Gasteiger partial charge in [-0.05, 0) is 34.1 Å². The third-order valence-electron chi connectivity index (χ3n) is 1.24. The number of rotatable bonds is 3. The summed E-state index contributed by atoms with van der Waals surface area (Å²) in [7, 11) is 0. The lowest BCUT2D eigenvalue weighted by Gasteiger charge is -2.06. The van der Waals surface area contributed by atoms with Crippen molar-refractivity contribution >= 4 is 44.5 Å². The molecular weight excluding hydrogens is 304 g/mol. The van der Waals surface area contributed by atoms with Crippen LogP contribution in [-0.4, -0.2) is 12.4 Å². The average Bonchev–Trinajstić information content (AvgIpc) is 2.03. The van der Waals surface area contributed by atoms with Crippen LogP contribution >= 0.6 is 44.5 Å². The van der Waals surface area contributed by atoms with Gasteiger partial charge >= 0.3 is 0 Å². The van der Waals surface area contributed by atoms with Crippen LogP contribution in [0.5, 0.6) is 5.75 Å². The highest BCUT2D eigenvalue weighted by Gasteiger charge is 1.99. The third-order valence-corrected chi connectivity index (χ3v) is 2.54. The van der Waals surface area contributed by atoms with Crippen molar-refractivity contribution in [2.45, 2.75) is 0 Å². The van der Waals surface area contributed by atoms with Crippen LogP contribution in [0.1, 0.15) is 0 Å². The smallest absolute Gasteiger partial charge is 0.133 e. The quantitative estimate of drug-likeness (QED) is 0.840. The molecule has 0 saturated carbocycles. The lowest BCUT2D eigenvalue weighted by molar-refractivity contribution is 0.342. The third kappa shape index (κ3) is 2.99. The zero-order chi connectivity index (χ0) is 8.97. The molecular formula is C8H8Br2OS. The molecule has 1 aromatic carbocycles. The molecule has 0 amide bonds. The van der Waals surface area contributed by atoms with Crippen molar-refractivity contribution in [1.29, 1.82) is 0 Å². The maximum absolute atomic E-state index is 5.40. The maximum atomic E-state index is 5.40. The number of benzene rings is 1. The minimum atomic E-state index is 0.628. The minimum absolute atomic E-state index is 0.628. The molecule has 0 N–H and O–H groups in total. The Labute approximate surface area is 94.2 Å². The van der Waals surface area contributed by atoms with Gasteiger partial charge in [-0.3, -0.25) is 0 Å². The molecule has 1 rings (SSSR count). The van der Waals surface area contributed by atoms with Gasteiger partial charge in [0.25, 0.3) is 0 Å². The molecule has 0 bridgehead atoms. The first-order valence-electron chi connectivity index (χ1n) is 3.43. The lowest BCUT2D eigenvalue weighted by Crippen LogP contribution is -1.98. The molecule has 0 aliphatic carbocycles. The van der Waals surface area contributed by atoms with Gasteiger partial charge in [-0.25, -0.2) is 0 Å². The highest BCUT2D eigenvalue weighted by atomic mass is 79.9. The molecule has 1 aromatic rings. The minimum Gasteiger partial charge on any atom is -0.492 e. The first-order valence-corrected chi connectivity index (χ1v) is 5.64. The second-order valence-corrected chi connectivity index (χ2v) is 4.36. The standard InChI is InChI=1S/C8H8Br2OS/c9-6-1-2-8(7(10)5-6)11-3-4-12/h1-2,5,12H,3-4H2. The van der Waals surface area contributed by atoms with Crippen molar-refractivity contribution in [1.82, 2.24) is 0 Å². The van der Waals surface area contributed by atoms with Gasteiger partial charge in [0.2, 0.25) is 0 Å². The summed E-state index contributed by atoms with van der Waals surface area (Å²) in [6.45, 7) is 0.628. The molecule has 0 heterocycles. The van der Waals surface area contributed by atoms with E-state index >= 15 is 0 Å². The number of halogens is 2. The Bertz CT molecular complexity index is 265. The first kappa shape index (κ1) is 10.4. The second kappa shape index (κ2) is 5.14. The fourth-order valence-corrected chi connectivity index (χ4v) is 2.00. The Morgan fingerprint density at radius 1 is 1.33 bits per heavy atom. The number of ether oxygens (including phenoxy) is 1. The van der Waals surface area contributed by atoms with Crippen molar-refractivity contribution in [3.05, 3.63) is 27.1 Å². The predicted molar refractivity (Wildman–Crippen MR) is 61.2 cm³/mol. The molecule has 0 aliphatic heterocycles. The Balaban J connectivity index is 2.72. The van der Waals surface area contributed by atoms with E-state index in [4.69, 9.17) is 4.74 Å². The topological polar surface area (TPSA) is 9.23 Å². The molecule has 0 spiro atoms. The normalized spacial score (nSPS) is 9.92. The lowest BCUT2D eigenvalue weighted by atomic mass is 10.3. The van der Waals surface area contributed by atoms with Gasteiger partial charge in [0.1, 0.15) is 5.75 Å². The van der Waals surface area contributed by atoms with Crippen LogP contribution in [0.2, 0.25) is 0 Å². The van der Waals surface area contributed by atoms with Crippen molar-refractivity contribution < 1.29 is 4.74 Å². The van der Waals surface area contributed by atoms with Crippen LogP contribution in [0, 0.1) is 0 Å². The fraction of sp³-hybridized carbons (Fsp3) is 0.250. The van der Waals surface area contributed by atoms with E-state index in [9.17, 15) is 0 Å². The van der Waals surface area contributed by atoms with Gasteiger partial charge in [-0.15, -0.1) is 0 Å². The van der Waals surface area contributed by atoms with Crippen LogP contribution in [0.4, 0.5) is 0 Å². The van der Waals surface area contributed by atoms with Crippen molar-refractivity contribution in [2.24, 2.45) is 0 Å². The Morgan fingerprint density at radius 2 is 2.08 bits per heavy atom. The van der Waals surface area contributed by atoms with E-state index in [-0.39, 0.29) is 0 Å². The van der Waals surface area contributed by atoms with Crippen LogP contribution in [0.3, 0.4) is 0 Å². The highest BCUT2D eigenvalue weighted by Crippen LogP contribution is 2.27. The maximum Gasteiger partial charge on any atom is 0.133 e. The summed E-state index contributed by atoms with van der Waals surface area (Å²) in [6.07, 6.45) is 0. The Morgan fingerprint density at radius 3 is 2.67 bits per heavy atom. The predicted octanol–water partition coefficient (Wildman–Crippen LogP) is 3.52. The molecule has 0 aliphatic rings. The molecule has 0 saturated heterocycles. The van der Waals surface area contributed by atoms with Gasteiger partial charge in [-0.1, -0.05) is 15.9 Å². The van der Waals surface area contributed by atoms with E-state index in [1.165, 1.54) is 0 Å². The molecule has 0 aromatic heterocycles. The molecule has 0 atom stereocenters. The average molecular weight is 312 g/mol. The summed E-state index contributed by atoms with van der Waals surface area (Å²) in [4.78, 5) is 0. The van der Waals surface area contributed by atoms with Crippen molar-refractivity contribution in [3.8, 4) is 5.75 Å². The fourth-order valence-electron chi connectivity index (χ4n) is 0.748. The summed E-state index contributed by atoms with van der Waals surface area (Å²) >= 11 is 10.8. The Kier molecular flexibility index (Phi) is 4.46. The molecule has 12 heavy (non-hydrogen) atoms. The summed E-state index contributed by atoms with van der Waals surface area (Å²) in [5, 5.41) is 0. The van der Waals surface area contributed by atoms with Crippen LogP contribution < -0.4 is 4.74 Å². The monoisotopic (exact) mass is 310 g/mol. The molecule has 1 nitrogen and oxygen atoms in total. The van der Waals surface area contributed by atoms with E-state index in [1.807, 2.05) is 18.2 Å². The summed E-state index contributed by atoms with van der Waals surface area (Å²) < 4.78 is 7.39. The van der Waals surface area contributed by atoms with Gasteiger partial charge in [0, 0.05) is 10.2 Å². The van der Waals surface area contributed by atoms with E-state index in [0.29, 0.717) is 6.61 Å². The van der Waals surface area contributed by atoms with Crippen molar-refractivity contribution in [2.75, 3.05) is 12.4 Å². The van der Waals surface area contributed by atoms with Gasteiger partial charge in [0.05, 0.1) is 11.1 Å². The van der Waals surface area contributed by atoms with Gasteiger partial charge in [0.15, 0.2) is 0 Å². The molecule has 0 radical (unpaired) electrons. The zero-order valence-corrected chi connectivity index (χ0v) is 10.3. The molecule has 0 unspecified atom stereocenters. The number of hydrogen-bond acceptors (Lipinski definition) is 2. The molecule has 0 fully saturated rings. The zero-order valence-electron chi connectivity index (χ0n) is 6.26. The van der Waals surface area contributed by atoms with E-state index < -0.39 is 0 Å². The number of hydrogen-bond donors (Lipinski definition) is 1. The number of thiol groups is 1. The van der Waals surface area contributed by atoms with Crippen molar-refractivity contribution in [3.63, 3.8) is 0 Å². The van der Waals surface area contributed by atoms with Crippen LogP contribution in [0.15, 0.2) is 27.1 Å². The highest BCUT2D eigenvalue weighted by molar-refractivity contribution is 9.11. The summed E-state index contributed by atoms with van der Waals surface area (Å²) in [5.74, 6) is 1.58. The molecule has 66 valence electrons. The van der Waals surface area contributed by atoms with E-state index in [1.54, 1.807) is 0 Å². The van der Waals surface area contributed by atoms with E-state index in [0.717, 1.165) is 20.4 Å². The largest absolute Gasteiger partial charge is 0.492 e. The summed E-state index contributed by atoms with van der Waals surface area (Å²) in [5.41, 5.74) is 0. The SMILES string of the molecule is SCCOc1ccc(Br)cc1Br. The van der Waals surface area contributed by atoms with Crippen LogP contribution in [0.25, 0.3) is 0 Å². The second-order valence-electron chi connectivity index (χ2n) is 2.15. The first-order chi connectivity index (χ1) is 5.74. The van der Waals surface area contributed by atoms with E-state index in [2.05, 4.69) is 44.5 Å². The summed E-state index contributed by atoms with van der Waals surface area (Å²) in [6, 6.07) is 5.81. The Hall–Kier alpha value is 0.330. The van der Waals surface area contributed by atoms with Crippen LogP contribution in [-0.2, 0) is 0 Å². The van der Waals surface area contributed by atoms with Gasteiger partial charge in [-0.2, -0.15) is 12.6 Å². The molecule has 4 heteroatoms.